The van der Waals surface area contributed by atoms with Crippen molar-refractivity contribution in [3.05, 3.63) is 57.9 Å². The molecular formula is C15H15N3S2. The summed E-state index contributed by atoms with van der Waals surface area (Å²) in [5, 5.41) is 10.9. The highest BCUT2D eigenvalue weighted by molar-refractivity contribution is 7.13. The third-order valence-electron chi connectivity index (χ3n) is 3.07. The van der Waals surface area contributed by atoms with Gasteiger partial charge in [0.05, 0.1) is 11.4 Å². The van der Waals surface area contributed by atoms with Crippen LogP contribution in [0.1, 0.15) is 24.2 Å². The fourth-order valence-electron chi connectivity index (χ4n) is 1.89. The van der Waals surface area contributed by atoms with Crippen molar-refractivity contribution in [2.24, 2.45) is 0 Å². The first-order valence-corrected chi connectivity index (χ1v) is 8.26. The van der Waals surface area contributed by atoms with Gasteiger partial charge in [-0.05, 0) is 41.4 Å². The van der Waals surface area contributed by atoms with Crippen molar-refractivity contribution in [1.29, 1.82) is 0 Å². The zero-order chi connectivity index (χ0) is 13.8. The average molecular weight is 301 g/mol. The van der Waals surface area contributed by atoms with E-state index in [4.69, 9.17) is 0 Å². The minimum absolute atomic E-state index is 0.348. The molecule has 3 aromatic rings. The van der Waals surface area contributed by atoms with E-state index in [0.717, 1.165) is 22.9 Å². The monoisotopic (exact) mass is 301 g/mol. The number of rotatable bonds is 5. The summed E-state index contributed by atoms with van der Waals surface area (Å²) < 4.78 is 0. The lowest BCUT2D eigenvalue weighted by Crippen LogP contribution is -2.17. The van der Waals surface area contributed by atoms with Crippen molar-refractivity contribution < 1.29 is 0 Å². The molecule has 1 N–H and O–H groups in total. The predicted molar refractivity (Wildman–Crippen MR) is 84.9 cm³/mol. The van der Waals surface area contributed by atoms with E-state index in [1.807, 2.05) is 18.2 Å². The Kier molecular flexibility index (Phi) is 4.20. The summed E-state index contributed by atoms with van der Waals surface area (Å²) in [6, 6.07) is 8.40. The molecular weight excluding hydrogens is 286 g/mol. The van der Waals surface area contributed by atoms with Crippen LogP contribution in [0.4, 0.5) is 0 Å². The molecule has 0 fully saturated rings. The Balaban J connectivity index is 1.63. The number of aromatic nitrogens is 2. The summed E-state index contributed by atoms with van der Waals surface area (Å²) in [5.41, 5.74) is 3.34. The van der Waals surface area contributed by atoms with Gasteiger partial charge in [0.2, 0.25) is 0 Å². The zero-order valence-corrected chi connectivity index (χ0v) is 12.7. The van der Waals surface area contributed by atoms with E-state index < -0.39 is 0 Å². The number of nitrogens with zero attached hydrogens (tertiary/aromatic N) is 2. The third kappa shape index (κ3) is 3.12. The van der Waals surface area contributed by atoms with E-state index in [9.17, 15) is 0 Å². The molecule has 0 saturated carbocycles. The van der Waals surface area contributed by atoms with Crippen LogP contribution in [0, 0.1) is 0 Å². The van der Waals surface area contributed by atoms with E-state index in [-0.39, 0.29) is 0 Å². The van der Waals surface area contributed by atoms with Crippen molar-refractivity contribution in [1.82, 2.24) is 15.3 Å². The van der Waals surface area contributed by atoms with Crippen LogP contribution in [0.2, 0.25) is 0 Å². The molecule has 1 unspecified atom stereocenters. The molecule has 5 heteroatoms. The number of thiophene rings is 1. The van der Waals surface area contributed by atoms with Gasteiger partial charge in [0.1, 0.15) is 5.01 Å². The van der Waals surface area contributed by atoms with Crippen molar-refractivity contribution in [2.45, 2.75) is 19.5 Å². The molecule has 0 radical (unpaired) electrons. The lowest BCUT2D eigenvalue weighted by molar-refractivity contribution is 0.571. The summed E-state index contributed by atoms with van der Waals surface area (Å²) >= 11 is 3.37. The average Bonchev–Trinajstić information content (AvgIpc) is 3.17. The Morgan fingerprint density at radius 2 is 2.20 bits per heavy atom. The van der Waals surface area contributed by atoms with Crippen LogP contribution in [0.15, 0.2) is 46.6 Å². The van der Waals surface area contributed by atoms with Crippen LogP contribution >= 0.6 is 22.7 Å². The maximum Gasteiger partial charge on any atom is 0.142 e. The fraction of sp³-hybridized carbons (Fsp3) is 0.200. The molecule has 3 aromatic heterocycles. The second kappa shape index (κ2) is 6.26. The normalized spacial score (nSPS) is 12.4. The summed E-state index contributed by atoms with van der Waals surface area (Å²) in [7, 11) is 0. The minimum atomic E-state index is 0.348. The van der Waals surface area contributed by atoms with Crippen LogP contribution in [0.25, 0.3) is 10.7 Å². The predicted octanol–water partition coefficient (Wildman–Crippen LogP) is 4.12. The van der Waals surface area contributed by atoms with E-state index in [1.54, 1.807) is 28.9 Å². The standard InChI is InChI=1S/C15H15N3S2/c1-11(12-5-7-19-9-12)17-8-13-10-20-15(18-13)14-4-2-3-6-16-14/h2-7,9-11,17H,8H2,1H3. The number of thiazole rings is 1. The van der Waals surface area contributed by atoms with E-state index in [0.29, 0.717) is 6.04 Å². The summed E-state index contributed by atoms with van der Waals surface area (Å²) in [4.78, 5) is 8.96. The number of pyridine rings is 1. The van der Waals surface area contributed by atoms with Crippen LogP contribution < -0.4 is 5.32 Å². The topological polar surface area (TPSA) is 37.8 Å². The molecule has 0 saturated heterocycles. The highest BCUT2D eigenvalue weighted by atomic mass is 32.1. The summed E-state index contributed by atoms with van der Waals surface area (Å²) in [6.45, 7) is 2.95. The molecule has 0 aliphatic carbocycles. The molecule has 0 aromatic carbocycles. The van der Waals surface area contributed by atoms with Gasteiger partial charge in [0.25, 0.3) is 0 Å². The van der Waals surface area contributed by atoms with E-state index >= 15 is 0 Å². The SMILES string of the molecule is CC(NCc1csc(-c2ccccn2)n1)c1ccsc1. The lowest BCUT2D eigenvalue weighted by atomic mass is 10.2. The molecule has 0 bridgehead atoms. The number of hydrogen-bond donors (Lipinski definition) is 1. The van der Waals surface area contributed by atoms with Crippen molar-refractivity contribution in [2.75, 3.05) is 0 Å². The van der Waals surface area contributed by atoms with Gasteiger partial charge in [-0.15, -0.1) is 11.3 Å². The Morgan fingerprint density at radius 3 is 2.95 bits per heavy atom. The van der Waals surface area contributed by atoms with Crippen LogP contribution in [-0.4, -0.2) is 9.97 Å². The molecule has 0 aliphatic rings. The smallest absolute Gasteiger partial charge is 0.142 e. The quantitative estimate of drug-likeness (QED) is 0.770. The molecule has 3 nitrogen and oxygen atoms in total. The van der Waals surface area contributed by atoms with Gasteiger partial charge < -0.3 is 5.32 Å². The molecule has 102 valence electrons. The van der Waals surface area contributed by atoms with Crippen molar-refractivity contribution in [3.8, 4) is 10.7 Å². The molecule has 3 rings (SSSR count). The van der Waals surface area contributed by atoms with Crippen LogP contribution in [-0.2, 0) is 6.54 Å². The summed E-state index contributed by atoms with van der Waals surface area (Å²) in [6.07, 6.45) is 1.80. The highest BCUT2D eigenvalue weighted by Gasteiger charge is 2.08. The van der Waals surface area contributed by atoms with Gasteiger partial charge in [0.15, 0.2) is 0 Å². The maximum absolute atomic E-state index is 4.63. The molecule has 20 heavy (non-hydrogen) atoms. The number of nitrogens with one attached hydrogen (secondary N) is 1. The second-order valence-corrected chi connectivity index (χ2v) is 6.16. The van der Waals surface area contributed by atoms with Crippen molar-refractivity contribution >= 4 is 22.7 Å². The Morgan fingerprint density at radius 1 is 1.25 bits per heavy atom. The Labute approximate surface area is 126 Å². The summed E-state index contributed by atoms with van der Waals surface area (Å²) in [5.74, 6) is 0. The first-order chi connectivity index (χ1) is 9.83. The lowest BCUT2D eigenvalue weighted by Gasteiger charge is -2.10. The van der Waals surface area contributed by atoms with Gasteiger partial charge in [-0.3, -0.25) is 4.98 Å². The van der Waals surface area contributed by atoms with Gasteiger partial charge in [-0.25, -0.2) is 4.98 Å². The van der Waals surface area contributed by atoms with Crippen LogP contribution in [0.3, 0.4) is 0 Å². The Bertz CT molecular complexity index is 647. The largest absolute Gasteiger partial charge is 0.305 e. The first-order valence-electron chi connectivity index (χ1n) is 6.44. The highest BCUT2D eigenvalue weighted by Crippen LogP contribution is 2.22. The van der Waals surface area contributed by atoms with Gasteiger partial charge in [0, 0.05) is 24.2 Å². The minimum Gasteiger partial charge on any atom is -0.305 e. The third-order valence-corrected chi connectivity index (χ3v) is 4.68. The maximum atomic E-state index is 4.63. The molecule has 0 spiro atoms. The van der Waals surface area contributed by atoms with Gasteiger partial charge in [-0.2, -0.15) is 11.3 Å². The fourth-order valence-corrected chi connectivity index (χ4v) is 3.44. The molecule has 1 atom stereocenters. The molecule has 0 aliphatic heterocycles. The number of hydrogen-bond acceptors (Lipinski definition) is 5. The van der Waals surface area contributed by atoms with Crippen LogP contribution in [0.5, 0.6) is 0 Å². The van der Waals surface area contributed by atoms with E-state index in [1.165, 1.54) is 5.56 Å². The zero-order valence-electron chi connectivity index (χ0n) is 11.1. The van der Waals surface area contributed by atoms with Gasteiger partial charge >= 0.3 is 0 Å². The Hall–Kier alpha value is -1.56. The molecule has 3 heterocycles. The second-order valence-electron chi connectivity index (χ2n) is 4.52. The van der Waals surface area contributed by atoms with Crippen molar-refractivity contribution in [3.63, 3.8) is 0 Å². The van der Waals surface area contributed by atoms with Gasteiger partial charge in [-0.1, -0.05) is 6.07 Å². The first kappa shape index (κ1) is 13.4. The molecule has 0 amide bonds. The van der Waals surface area contributed by atoms with E-state index in [2.05, 4.69) is 44.4 Å².